The molecular weight excluding hydrogens is 291 g/mol. The van der Waals surface area contributed by atoms with E-state index in [1.165, 1.54) is 0 Å². The summed E-state index contributed by atoms with van der Waals surface area (Å²) in [5.74, 6) is -0.162. The summed E-state index contributed by atoms with van der Waals surface area (Å²) < 4.78 is 19.4. The zero-order valence-corrected chi connectivity index (χ0v) is 12.4. The molecule has 0 unspecified atom stereocenters. The lowest BCUT2D eigenvalue weighted by atomic mass is 9.92. The Kier molecular flexibility index (Phi) is 3.74. The summed E-state index contributed by atoms with van der Waals surface area (Å²) in [5.41, 5.74) is 8.86. The minimum absolute atomic E-state index is 0.166. The maximum Gasteiger partial charge on any atom is 0.151 e. The van der Waals surface area contributed by atoms with E-state index in [-0.39, 0.29) is 11.6 Å². The molecule has 1 heterocycles. The number of nitrogens with one attached hydrogen (secondary N) is 1. The van der Waals surface area contributed by atoms with E-state index in [1.807, 2.05) is 18.2 Å². The molecule has 3 rings (SSSR count). The minimum Gasteiger partial charge on any atom is -0.396 e. The molecule has 0 bridgehead atoms. The van der Waals surface area contributed by atoms with Crippen molar-refractivity contribution < 1.29 is 9.13 Å². The second-order valence-electron chi connectivity index (χ2n) is 5.21. The number of halogens is 2. The first kappa shape index (κ1) is 14.2. The first-order valence-corrected chi connectivity index (χ1v) is 7.13. The van der Waals surface area contributed by atoms with Gasteiger partial charge in [-0.15, -0.1) is 0 Å². The van der Waals surface area contributed by atoms with Gasteiger partial charge < -0.3 is 15.8 Å². The average Bonchev–Trinajstić information content (AvgIpc) is 2.41. The molecule has 1 aliphatic rings. The molecule has 0 amide bonds. The van der Waals surface area contributed by atoms with Crippen LogP contribution in [-0.4, -0.2) is 13.2 Å². The molecule has 110 valence electrons. The lowest BCUT2D eigenvalue weighted by Gasteiger charge is -2.30. The standard InChI is InChI=1S/C16H16ClFN2O/c1-9-15(18)13(19)6-11(10-7-21-8-10)16(9)20-14-5-3-2-4-12(14)17/h2-6,10,20H,7-8,19H2,1H3. The highest BCUT2D eigenvalue weighted by Gasteiger charge is 2.26. The summed E-state index contributed by atoms with van der Waals surface area (Å²) >= 11 is 6.17. The van der Waals surface area contributed by atoms with Crippen LogP contribution in [-0.2, 0) is 4.74 Å². The summed E-state index contributed by atoms with van der Waals surface area (Å²) in [6, 6.07) is 9.07. The smallest absolute Gasteiger partial charge is 0.151 e. The van der Waals surface area contributed by atoms with E-state index in [9.17, 15) is 4.39 Å². The molecule has 21 heavy (non-hydrogen) atoms. The van der Waals surface area contributed by atoms with Crippen molar-refractivity contribution in [2.75, 3.05) is 24.3 Å². The minimum atomic E-state index is -0.395. The molecule has 3 N–H and O–H groups in total. The predicted molar refractivity (Wildman–Crippen MR) is 83.8 cm³/mol. The van der Waals surface area contributed by atoms with E-state index in [2.05, 4.69) is 5.32 Å². The SMILES string of the molecule is Cc1c(F)c(N)cc(C2COC2)c1Nc1ccccc1Cl. The average molecular weight is 307 g/mol. The number of para-hydroxylation sites is 1. The van der Waals surface area contributed by atoms with Crippen LogP contribution in [0.4, 0.5) is 21.5 Å². The molecule has 0 saturated carbocycles. The molecule has 0 aliphatic carbocycles. The number of hydrogen-bond acceptors (Lipinski definition) is 3. The second kappa shape index (κ2) is 5.54. The van der Waals surface area contributed by atoms with E-state index in [1.54, 1.807) is 19.1 Å². The van der Waals surface area contributed by atoms with Crippen LogP contribution in [0.25, 0.3) is 0 Å². The highest BCUT2D eigenvalue weighted by atomic mass is 35.5. The van der Waals surface area contributed by atoms with Crippen LogP contribution in [0.3, 0.4) is 0 Å². The zero-order chi connectivity index (χ0) is 15.0. The monoisotopic (exact) mass is 306 g/mol. The summed E-state index contributed by atoms with van der Waals surface area (Å²) in [7, 11) is 0. The Morgan fingerprint density at radius 3 is 2.67 bits per heavy atom. The molecule has 0 spiro atoms. The number of rotatable bonds is 3. The van der Waals surface area contributed by atoms with Crippen molar-refractivity contribution in [2.45, 2.75) is 12.8 Å². The summed E-state index contributed by atoms with van der Waals surface area (Å²) in [6.45, 7) is 2.97. The van der Waals surface area contributed by atoms with Gasteiger partial charge in [0.2, 0.25) is 0 Å². The molecule has 1 aliphatic heterocycles. The molecule has 0 radical (unpaired) electrons. The van der Waals surface area contributed by atoms with Gasteiger partial charge in [0, 0.05) is 17.2 Å². The molecule has 2 aromatic carbocycles. The van der Waals surface area contributed by atoms with Crippen LogP contribution in [0.15, 0.2) is 30.3 Å². The van der Waals surface area contributed by atoms with E-state index >= 15 is 0 Å². The van der Waals surface area contributed by atoms with Crippen LogP contribution in [0.5, 0.6) is 0 Å². The number of anilines is 3. The van der Waals surface area contributed by atoms with Gasteiger partial charge >= 0.3 is 0 Å². The van der Waals surface area contributed by atoms with Gasteiger partial charge in [0.1, 0.15) is 0 Å². The molecule has 1 saturated heterocycles. The largest absolute Gasteiger partial charge is 0.396 e. The number of hydrogen-bond donors (Lipinski definition) is 2. The van der Waals surface area contributed by atoms with Crippen LogP contribution >= 0.6 is 11.6 Å². The van der Waals surface area contributed by atoms with Gasteiger partial charge in [0.05, 0.1) is 29.6 Å². The number of nitrogens with two attached hydrogens (primary N) is 1. The molecule has 0 atom stereocenters. The Bertz CT molecular complexity index is 686. The Morgan fingerprint density at radius 2 is 2.05 bits per heavy atom. The fraction of sp³-hybridized carbons (Fsp3) is 0.250. The molecule has 0 aromatic heterocycles. The summed E-state index contributed by atoms with van der Waals surface area (Å²) in [4.78, 5) is 0. The van der Waals surface area contributed by atoms with Gasteiger partial charge in [-0.3, -0.25) is 0 Å². The van der Waals surface area contributed by atoms with Gasteiger partial charge in [-0.1, -0.05) is 23.7 Å². The van der Waals surface area contributed by atoms with Crippen LogP contribution in [0.1, 0.15) is 17.0 Å². The van der Waals surface area contributed by atoms with Crippen LogP contribution < -0.4 is 11.1 Å². The van der Waals surface area contributed by atoms with E-state index in [0.29, 0.717) is 23.8 Å². The number of benzene rings is 2. The predicted octanol–water partition coefficient (Wildman–Crippen LogP) is 4.23. The van der Waals surface area contributed by atoms with Crippen molar-refractivity contribution in [3.05, 3.63) is 52.3 Å². The van der Waals surface area contributed by atoms with Gasteiger partial charge in [0.15, 0.2) is 5.82 Å². The molecule has 1 fully saturated rings. The summed E-state index contributed by atoms with van der Waals surface area (Å²) in [5, 5.41) is 3.83. The van der Waals surface area contributed by atoms with Crippen LogP contribution in [0.2, 0.25) is 5.02 Å². The maximum absolute atomic E-state index is 14.1. The second-order valence-corrected chi connectivity index (χ2v) is 5.62. The number of ether oxygens (including phenoxy) is 1. The highest BCUT2D eigenvalue weighted by molar-refractivity contribution is 6.33. The van der Waals surface area contributed by atoms with E-state index < -0.39 is 5.82 Å². The zero-order valence-electron chi connectivity index (χ0n) is 11.6. The van der Waals surface area contributed by atoms with Crippen molar-refractivity contribution in [3.63, 3.8) is 0 Å². The third-order valence-corrected chi connectivity index (χ3v) is 4.10. The third-order valence-electron chi connectivity index (χ3n) is 3.77. The van der Waals surface area contributed by atoms with Gasteiger partial charge in [-0.25, -0.2) is 4.39 Å². The van der Waals surface area contributed by atoms with Gasteiger partial charge in [-0.05, 0) is 30.7 Å². The molecule has 2 aromatic rings. The quantitative estimate of drug-likeness (QED) is 0.834. The fourth-order valence-corrected chi connectivity index (χ4v) is 2.63. The highest BCUT2D eigenvalue weighted by Crippen LogP contribution is 2.38. The molecule has 3 nitrogen and oxygen atoms in total. The summed E-state index contributed by atoms with van der Waals surface area (Å²) in [6.07, 6.45) is 0. The normalized spacial score (nSPS) is 14.8. The van der Waals surface area contributed by atoms with Crippen molar-refractivity contribution in [1.82, 2.24) is 0 Å². The Morgan fingerprint density at radius 1 is 1.33 bits per heavy atom. The Balaban J connectivity index is 2.07. The van der Waals surface area contributed by atoms with Crippen LogP contribution in [0, 0.1) is 12.7 Å². The van der Waals surface area contributed by atoms with Crippen molar-refractivity contribution in [1.29, 1.82) is 0 Å². The Hall–Kier alpha value is -1.78. The lowest BCUT2D eigenvalue weighted by Crippen LogP contribution is -2.26. The molecule has 5 heteroatoms. The molecular formula is C16H16ClFN2O. The van der Waals surface area contributed by atoms with Crippen molar-refractivity contribution >= 4 is 28.7 Å². The van der Waals surface area contributed by atoms with Gasteiger partial charge in [-0.2, -0.15) is 0 Å². The van der Waals surface area contributed by atoms with Gasteiger partial charge in [0.25, 0.3) is 0 Å². The third kappa shape index (κ3) is 2.57. The lowest BCUT2D eigenvalue weighted by molar-refractivity contribution is 0.00869. The van der Waals surface area contributed by atoms with Crippen molar-refractivity contribution in [2.24, 2.45) is 0 Å². The first-order chi connectivity index (χ1) is 10.1. The fourth-order valence-electron chi connectivity index (χ4n) is 2.45. The van der Waals surface area contributed by atoms with E-state index in [4.69, 9.17) is 22.1 Å². The Labute approximate surface area is 127 Å². The number of nitrogen functional groups attached to an aromatic ring is 1. The maximum atomic E-state index is 14.1. The van der Waals surface area contributed by atoms with E-state index in [0.717, 1.165) is 16.9 Å². The first-order valence-electron chi connectivity index (χ1n) is 6.75. The topological polar surface area (TPSA) is 47.3 Å². The van der Waals surface area contributed by atoms with Crippen molar-refractivity contribution in [3.8, 4) is 0 Å².